The quantitative estimate of drug-likeness (QED) is 0.416. The molecule has 1 saturated heterocycles. The summed E-state index contributed by atoms with van der Waals surface area (Å²) >= 11 is 0. The number of nitrogens with two attached hydrogens (primary N) is 1. The van der Waals surface area contributed by atoms with Crippen LogP contribution >= 0.6 is 0 Å². The molecule has 1 atom stereocenters. The van der Waals surface area contributed by atoms with Crippen molar-refractivity contribution >= 4 is 21.8 Å². The van der Waals surface area contributed by atoms with Crippen molar-refractivity contribution in [2.75, 3.05) is 13.1 Å². The summed E-state index contributed by atoms with van der Waals surface area (Å²) in [6, 6.07) is 13.9. The first kappa shape index (κ1) is 25.4. The number of carbonyl (C=O) groups excluding carboxylic acids is 1. The maximum absolute atomic E-state index is 13.5. The molecule has 36 heavy (non-hydrogen) atoms. The van der Waals surface area contributed by atoms with Crippen LogP contribution in [-0.2, 0) is 26.8 Å². The summed E-state index contributed by atoms with van der Waals surface area (Å²) in [4.78, 5) is 26.7. The highest BCUT2D eigenvalue weighted by Crippen LogP contribution is 2.39. The number of rotatable bonds is 9. The molecule has 3 N–H and O–H groups in total. The highest BCUT2D eigenvalue weighted by Gasteiger charge is 2.53. The van der Waals surface area contributed by atoms with E-state index in [-0.39, 0.29) is 30.2 Å². The first-order chi connectivity index (χ1) is 17.0. The van der Waals surface area contributed by atoms with Crippen molar-refractivity contribution in [2.45, 2.75) is 29.9 Å². The van der Waals surface area contributed by atoms with E-state index in [0.29, 0.717) is 22.6 Å². The van der Waals surface area contributed by atoms with Crippen LogP contribution in [0.1, 0.15) is 28.5 Å². The van der Waals surface area contributed by atoms with Crippen LogP contribution in [0.15, 0.2) is 71.8 Å². The summed E-state index contributed by atoms with van der Waals surface area (Å²) in [5, 5.41) is 9.04. The minimum atomic E-state index is -3.96. The number of hydrogen-bond acceptors (Lipinski definition) is 7. The molecular weight excluding hydrogens is 489 g/mol. The second-order valence-corrected chi connectivity index (χ2v) is 10.5. The molecule has 0 radical (unpaired) electrons. The smallest absolute Gasteiger partial charge is 0.320 e. The molecule has 2 aromatic carbocycles. The van der Waals surface area contributed by atoms with Gasteiger partial charge in [0.2, 0.25) is 10.0 Å². The summed E-state index contributed by atoms with van der Waals surface area (Å²) in [7, 11) is -3.96. The zero-order valence-corrected chi connectivity index (χ0v) is 20.1. The lowest BCUT2D eigenvalue weighted by Gasteiger charge is -2.48. The van der Waals surface area contributed by atoms with Crippen molar-refractivity contribution in [3.63, 3.8) is 0 Å². The fourth-order valence-corrected chi connectivity index (χ4v) is 5.53. The van der Waals surface area contributed by atoms with Gasteiger partial charge < -0.3 is 15.6 Å². The van der Waals surface area contributed by atoms with Crippen LogP contribution in [-0.4, -0.2) is 53.7 Å². The van der Waals surface area contributed by atoms with Gasteiger partial charge in [0.15, 0.2) is 11.4 Å². The Labute approximate surface area is 207 Å². The lowest BCUT2D eigenvalue weighted by atomic mass is 9.91. The van der Waals surface area contributed by atoms with Crippen molar-refractivity contribution in [1.82, 2.24) is 9.29 Å². The Bertz CT molecular complexity index is 1390. The number of aromatic nitrogens is 1. The number of Topliss-reactive ketones (excluding diaryl/α,β-unsaturated/α-hetero) is 1. The van der Waals surface area contributed by atoms with Crippen molar-refractivity contribution in [1.29, 1.82) is 0 Å². The molecule has 1 aliphatic heterocycles. The first-order valence-electron chi connectivity index (χ1n) is 11.0. The number of ether oxygens (including phenoxy) is 1. The van der Waals surface area contributed by atoms with E-state index < -0.39 is 33.5 Å². The highest BCUT2D eigenvalue weighted by molar-refractivity contribution is 7.89. The normalized spacial score (nSPS) is 16.1. The third-order valence-electron chi connectivity index (χ3n) is 5.94. The lowest BCUT2D eigenvalue weighted by molar-refractivity contribution is -0.138. The van der Waals surface area contributed by atoms with Gasteiger partial charge in [-0.05, 0) is 67.4 Å². The molecule has 9 nitrogen and oxygen atoms in total. The molecule has 2 heterocycles. The zero-order valence-electron chi connectivity index (χ0n) is 19.3. The van der Waals surface area contributed by atoms with E-state index in [1.807, 2.05) is 0 Å². The summed E-state index contributed by atoms with van der Waals surface area (Å²) < 4.78 is 47.6. The molecule has 4 rings (SSSR count). The number of benzene rings is 2. The SMILES string of the molecule is CC(=O)c1ccc(OC2(c3ccc(F)cn3)CN(S(=O)(=O)c3cccc(C[C@H](N)C(=O)O)c3)C2)cc1. The molecule has 0 saturated carbocycles. The number of carboxylic acid groups (broad SMARTS) is 1. The predicted molar refractivity (Wildman–Crippen MR) is 127 cm³/mol. The largest absolute Gasteiger partial charge is 0.480 e. The molecule has 0 aliphatic carbocycles. The Morgan fingerprint density at radius 3 is 2.44 bits per heavy atom. The Balaban J connectivity index is 1.60. The van der Waals surface area contributed by atoms with Gasteiger partial charge >= 0.3 is 5.97 Å². The standard InChI is InChI=1S/C25H24FN3O6S/c1-16(30)18-5-8-20(9-6-18)35-25(23-10-7-19(26)13-28-23)14-29(15-25)36(33,34)21-4-2-3-17(11-21)12-22(27)24(31)32/h2-11,13,22H,12,14-15,27H2,1H3,(H,31,32)/t22-/m0/s1. The molecule has 0 spiro atoms. The number of nitrogens with zero attached hydrogens (tertiary/aromatic N) is 2. The lowest BCUT2D eigenvalue weighted by Crippen LogP contribution is -2.64. The van der Waals surface area contributed by atoms with Crippen LogP contribution in [0.25, 0.3) is 0 Å². The number of halogens is 1. The summed E-state index contributed by atoms with van der Waals surface area (Å²) in [6.45, 7) is 1.25. The summed E-state index contributed by atoms with van der Waals surface area (Å²) in [5.41, 5.74) is 5.73. The van der Waals surface area contributed by atoms with Gasteiger partial charge in [-0.1, -0.05) is 12.1 Å². The van der Waals surface area contributed by atoms with Crippen molar-refractivity contribution in [3.8, 4) is 5.75 Å². The van der Waals surface area contributed by atoms with Gasteiger partial charge in [-0.3, -0.25) is 14.6 Å². The Morgan fingerprint density at radius 1 is 1.17 bits per heavy atom. The van der Waals surface area contributed by atoms with Gasteiger partial charge in [-0.2, -0.15) is 4.31 Å². The maximum atomic E-state index is 13.5. The highest BCUT2D eigenvalue weighted by atomic mass is 32.2. The van der Waals surface area contributed by atoms with Gasteiger partial charge in [-0.25, -0.2) is 12.8 Å². The van der Waals surface area contributed by atoms with E-state index in [1.54, 1.807) is 30.3 Å². The number of carbonyl (C=O) groups is 2. The predicted octanol–water partition coefficient (Wildman–Crippen LogP) is 2.36. The van der Waals surface area contributed by atoms with Crippen LogP contribution in [0.4, 0.5) is 4.39 Å². The number of hydrogen-bond donors (Lipinski definition) is 2. The van der Waals surface area contributed by atoms with Gasteiger partial charge in [0.1, 0.15) is 17.6 Å². The van der Waals surface area contributed by atoms with Crippen molar-refractivity contribution in [3.05, 3.63) is 89.5 Å². The van der Waals surface area contributed by atoms with E-state index in [1.165, 1.54) is 41.6 Å². The van der Waals surface area contributed by atoms with Gasteiger partial charge in [0.05, 0.1) is 29.9 Å². The second-order valence-electron chi connectivity index (χ2n) is 8.61. The third kappa shape index (κ3) is 5.13. The minimum Gasteiger partial charge on any atom is -0.480 e. The Hall–Kier alpha value is -3.67. The van der Waals surface area contributed by atoms with Crippen LogP contribution in [0, 0.1) is 5.82 Å². The van der Waals surface area contributed by atoms with Crippen LogP contribution in [0.5, 0.6) is 5.75 Å². The van der Waals surface area contributed by atoms with Crippen LogP contribution in [0.3, 0.4) is 0 Å². The molecule has 0 bridgehead atoms. The maximum Gasteiger partial charge on any atom is 0.320 e. The third-order valence-corrected chi connectivity index (χ3v) is 7.73. The fourth-order valence-electron chi connectivity index (χ4n) is 3.92. The average Bonchev–Trinajstić information content (AvgIpc) is 2.82. The van der Waals surface area contributed by atoms with E-state index in [2.05, 4.69) is 4.98 Å². The van der Waals surface area contributed by atoms with Gasteiger partial charge in [0.25, 0.3) is 0 Å². The molecule has 0 unspecified atom stereocenters. The molecule has 1 aliphatic rings. The summed E-state index contributed by atoms with van der Waals surface area (Å²) in [5.74, 6) is -1.44. The number of carboxylic acids is 1. The Morgan fingerprint density at radius 2 is 1.86 bits per heavy atom. The van der Waals surface area contributed by atoms with E-state index >= 15 is 0 Å². The fraction of sp³-hybridized carbons (Fsp3) is 0.240. The van der Waals surface area contributed by atoms with Gasteiger partial charge in [0, 0.05) is 5.56 Å². The first-order valence-corrected chi connectivity index (χ1v) is 12.4. The van der Waals surface area contributed by atoms with E-state index in [0.717, 1.165) is 6.20 Å². The van der Waals surface area contributed by atoms with Crippen LogP contribution < -0.4 is 10.5 Å². The zero-order chi connectivity index (χ0) is 26.1. The topological polar surface area (TPSA) is 140 Å². The average molecular weight is 514 g/mol. The van der Waals surface area contributed by atoms with Crippen molar-refractivity contribution in [2.24, 2.45) is 5.73 Å². The molecule has 11 heteroatoms. The molecule has 1 aromatic heterocycles. The summed E-state index contributed by atoms with van der Waals surface area (Å²) in [6.07, 6.45) is 1.01. The monoisotopic (exact) mass is 513 g/mol. The number of aliphatic carboxylic acids is 1. The number of ketones is 1. The van der Waals surface area contributed by atoms with E-state index in [9.17, 15) is 22.4 Å². The minimum absolute atomic E-state index is 0.0101. The molecule has 0 amide bonds. The molecular formula is C25H24FN3O6S. The van der Waals surface area contributed by atoms with Crippen LogP contribution in [0.2, 0.25) is 0 Å². The number of pyridine rings is 1. The molecule has 188 valence electrons. The second kappa shape index (κ2) is 9.76. The van der Waals surface area contributed by atoms with Gasteiger partial charge in [-0.15, -0.1) is 0 Å². The molecule has 3 aromatic rings. The van der Waals surface area contributed by atoms with E-state index in [4.69, 9.17) is 15.6 Å². The number of sulfonamides is 1. The molecule has 1 fully saturated rings. The Kier molecular flexibility index (Phi) is 6.90. The van der Waals surface area contributed by atoms with Crippen molar-refractivity contribution < 1.29 is 32.2 Å².